The Hall–Kier alpha value is -3.52. The second-order valence-electron chi connectivity index (χ2n) is 6.56. The van der Waals surface area contributed by atoms with Crippen molar-refractivity contribution >= 4 is 39.3 Å². The lowest BCUT2D eigenvalue weighted by atomic mass is 10.1. The molecule has 0 aromatic heterocycles. The Labute approximate surface area is 187 Å². The minimum atomic E-state index is -0.417. The first kappa shape index (κ1) is 22.2. The normalized spacial score (nSPS) is 10.3. The van der Waals surface area contributed by atoms with Crippen molar-refractivity contribution in [2.75, 3.05) is 18.4 Å². The van der Waals surface area contributed by atoms with Crippen molar-refractivity contribution in [1.82, 2.24) is 10.6 Å². The van der Waals surface area contributed by atoms with Crippen molar-refractivity contribution in [2.24, 2.45) is 0 Å². The lowest BCUT2D eigenvalue weighted by Crippen LogP contribution is -2.34. The molecule has 0 aliphatic rings. The predicted molar refractivity (Wildman–Crippen MR) is 120 cm³/mol. The number of halogens is 2. The van der Waals surface area contributed by atoms with Crippen LogP contribution in [0.5, 0.6) is 0 Å². The molecule has 0 heterocycles. The van der Waals surface area contributed by atoms with Crippen LogP contribution in [0.3, 0.4) is 0 Å². The predicted octanol–water partition coefficient (Wildman–Crippen LogP) is 4.00. The summed E-state index contributed by atoms with van der Waals surface area (Å²) in [6.07, 6.45) is 0. The topological polar surface area (TPSA) is 87.3 Å². The van der Waals surface area contributed by atoms with Crippen molar-refractivity contribution in [3.05, 3.63) is 99.8 Å². The molecule has 0 saturated carbocycles. The Morgan fingerprint density at radius 2 is 1.26 bits per heavy atom. The first-order chi connectivity index (χ1) is 14.9. The van der Waals surface area contributed by atoms with Gasteiger partial charge in [0.25, 0.3) is 17.7 Å². The summed E-state index contributed by atoms with van der Waals surface area (Å²) in [4.78, 5) is 36.4. The number of amides is 3. The monoisotopic (exact) mass is 483 g/mol. The second-order valence-corrected chi connectivity index (χ2v) is 7.48. The largest absolute Gasteiger partial charge is 0.350 e. The lowest BCUT2D eigenvalue weighted by Gasteiger charge is -2.09. The molecule has 3 rings (SSSR count). The molecule has 0 aliphatic heterocycles. The molecule has 3 aromatic carbocycles. The average Bonchev–Trinajstić information content (AvgIpc) is 2.77. The van der Waals surface area contributed by atoms with E-state index in [2.05, 4.69) is 31.9 Å². The summed E-state index contributed by atoms with van der Waals surface area (Å²) in [6, 6.07) is 18.6. The average molecular weight is 484 g/mol. The van der Waals surface area contributed by atoms with E-state index in [9.17, 15) is 18.8 Å². The number of hydrogen-bond donors (Lipinski definition) is 3. The Morgan fingerprint density at radius 3 is 1.87 bits per heavy atom. The van der Waals surface area contributed by atoms with E-state index in [4.69, 9.17) is 0 Å². The molecule has 0 bridgehead atoms. The van der Waals surface area contributed by atoms with Crippen molar-refractivity contribution < 1.29 is 18.8 Å². The summed E-state index contributed by atoms with van der Waals surface area (Å²) in [5.41, 5.74) is 1.78. The van der Waals surface area contributed by atoms with E-state index in [-0.39, 0.29) is 30.8 Å². The van der Waals surface area contributed by atoms with E-state index in [1.165, 1.54) is 24.3 Å². The molecule has 0 unspecified atom stereocenters. The minimum absolute atomic E-state index is 0.225. The molecular weight excluding hydrogens is 465 g/mol. The fraction of sp³-hybridized carbons (Fsp3) is 0.0870. The highest BCUT2D eigenvalue weighted by molar-refractivity contribution is 9.10. The van der Waals surface area contributed by atoms with Crippen molar-refractivity contribution in [3.63, 3.8) is 0 Å². The lowest BCUT2D eigenvalue weighted by molar-refractivity contribution is 0.0927. The van der Waals surface area contributed by atoms with Crippen molar-refractivity contribution in [2.45, 2.75) is 0 Å². The zero-order valence-corrected chi connectivity index (χ0v) is 17.9. The molecule has 3 N–H and O–H groups in total. The quantitative estimate of drug-likeness (QED) is 0.443. The number of benzene rings is 3. The van der Waals surface area contributed by atoms with Crippen LogP contribution in [0.4, 0.5) is 10.1 Å². The minimum Gasteiger partial charge on any atom is -0.350 e. The van der Waals surface area contributed by atoms with E-state index in [1.807, 2.05) is 6.07 Å². The molecule has 8 heteroatoms. The number of carbonyl (C=O) groups is 3. The van der Waals surface area contributed by atoms with E-state index >= 15 is 0 Å². The van der Waals surface area contributed by atoms with Gasteiger partial charge in [0.05, 0.1) is 0 Å². The fourth-order valence-corrected chi connectivity index (χ4v) is 3.09. The molecule has 3 aromatic rings. The summed E-state index contributed by atoms with van der Waals surface area (Å²) in [7, 11) is 0. The molecule has 31 heavy (non-hydrogen) atoms. The maximum absolute atomic E-state index is 12.9. The second kappa shape index (κ2) is 10.5. The summed E-state index contributed by atoms with van der Waals surface area (Å²) in [5, 5.41) is 8.14. The van der Waals surface area contributed by atoms with Gasteiger partial charge in [-0.25, -0.2) is 4.39 Å². The third kappa shape index (κ3) is 6.48. The molecule has 0 fully saturated rings. The van der Waals surface area contributed by atoms with Crippen LogP contribution in [0.2, 0.25) is 0 Å². The van der Waals surface area contributed by atoms with Crippen LogP contribution >= 0.6 is 15.9 Å². The maximum atomic E-state index is 12.9. The first-order valence-corrected chi connectivity index (χ1v) is 10.2. The number of nitrogens with one attached hydrogen (secondary N) is 3. The molecule has 0 atom stereocenters. The van der Waals surface area contributed by atoms with Crippen LogP contribution in [0, 0.1) is 5.82 Å². The van der Waals surface area contributed by atoms with Gasteiger partial charge >= 0.3 is 0 Å². The number of rotatable bonds is 7. The highest BCUT2D eigenvalue weighted by atomic mass is 79.9. The van der Waals surface area contributed by atoms with Crippen LogP contribution in [-0.4, -0.2) is 30.8 Å². The molecule has 0 radical (unpaired) electrons. The molecular formula is C23H19BrFN3O3. The maximum Gasteiger partial charge on any atom is 0.255 e. The van der Waals surface area contributed by atoms with Gasteiger partial charge in [0.2, 0.25) is 0 Å². The third-order valence-electron chi connectivity index (χ3n) is 4.29. The molecule has 0 aliphatic carbocycles. The van der Waals surface area contributed by atoms with Gasteiger partial charge in [0, 0.05) is 39.9 Å². The standard InChI is InChI=1S/C23H19BrFN3O3/c24-18-3-1-2-17(14-18)22(30)27-13-12-26-21(29)15-6-10-20(11-7-15)28-23(31)16-4-8-19(25)9-5-16/h1-11,14H,12-13H2,(H,26,29)(H,27,30)(H,28,31). The van der Waals surface area contributed by atoms with Crippen LogP contribution in [-0.2, 0) is 0 Å². The smallest absolute Gasteiger partial charge is 0.255 e. The molecule has 0 spiro atoms. The fourth-order valence-electron chi connectivity index (χ4n) is 2.70. The van der Waals surface area contributed by atoms with Crippen molar-refractivity contribution in [1.29, 1.82) is 0 Å². The van der Waals surface area contributed by atoms with Gasteiger partial charge in [-0.1, -0.05) is 22.0 Å². The zero-order chi connectivity index (χ0) is 22.2. The third-order valence-corrected chi connectivity index (χ3v) is 4.79. The number of carbonyl (C=O) groups excluding carboxylic acids is 3. The van der Waals surface area contributed by atoms with Gasteiger partial charge in [0.1, 0.15) is 5.82 Å². The Morgan fingerprint density at radius 1 is 0.710 bits per heavy atom. The van der Waals surface area contributed by atoms with Gasteiger partial charge in [-0.2, -0.15) is 0 Å². The molecule has 3 amide bonds. The van der Waals surface area contributed by atoms with Gasteiger partial charge in [-0.15, -0.1) is 0 Å². The van der Waals surface area contributed by atoms with Gasteiger partial charge in [-0.3, -0.25) is 14.4 Å². The Kier molecular flexibility index (Phi) is 7.50. The Balaban J connectivity index is 1.45. The van der Waals surface area contributed by atoms with Crippen molar-refractivity contribution in [3.8, 4) is 0 Å². The molecule has 158 valence electrons. The van der Waals surface area contributed by atoms with Crippen LogP contribution in [0.1, 0.15) is 31.1 Å². The highest BCUT2D eigenvalue weighted by Gasteiger charge is 2.09. The van der Waals surface area contributed by atoms with Crippen LogP contribution in [0.25, 0.3) is 0 Å². The van der Waals surface area contributed by atoms with Gasteiger partial charge < -0.3 is 16.0 Å². The summed E-state index contributed by atoms with van der Waals surface area (Å²) >= 11 is 3.32. The summed E-state index contributed by atoms with van der Waals surface area (Å²) in [5.74, 6) is -1.32. The van der Waals surface area contributed by atoms with Gasteiger partial charge in [-0.05, 0) is 66.7 Å². The van der Waals surface area contributed by atoms with Gasteiger partial charge in [0.15, 0.2) is 0 Å². The highest BCUT2D eigenvalue weighted by Crippen LogP contribution is 2.13. The number of hydrogen-bond acceptors (Lipinski definition) is 3. The van der Waals surface area contributed by atoms with E-state index in [0.717, 1.165) is 4.47 Å². The SMILES string of the molecule is O=C(NCCNC(=O)c1cccc(Br)c1)c1ccc(NC(=O)c2ccc(F)cc2)cc1. The number of anilines is 1. The van der Waals surface area contributed by atoms with Crippen LogP contribution < -0.4 is 16.0 Å². The van der Waals surface area contributed by atoms with E-state index < -0.39 is 5.82 Å². The van der Waals surface area contributed by atoms with E-state index in [0.29, 0.717) is 22.4 Å². The first-order valence-electron chi connectivity index (χ1n) is 9.41. The molecule has 6 nitrogen and oxygen atoms in total. The summed E-state index contributed by atoms with van der Waals surface area (Å²) in [6.45, 7) is 0.546. The zero-order valence-electron chi connectivity index (χ0n) is 16.3. The van der Waals surface area contributed by atoms with Crippen LogP contribution in [0.15, 0.2) is 77.3 Å². The Bertz CT molecular complexity index is 1090. The van der Waals surface area contributed by atoms with E-state index in [1.54, 1.807) is 42.5 Å². The molecule has 0 saturated heterocycles. The summed E-state index contributed by atoms with van der Waals surface area (Å²) < 4.78 is 13.8.